The van der Waals surface area contributed by atoms with Crippen LogP contribution in [0, 0.1) is 17.8 Å². The first-order valence-corrected chi connectivity index (χ1v) is 8.24. The summed E-state index contributed by atoms with van der Waals surface area (Å²) in [6.45, 7) is 0. The van der Waals surface area contributed by atoms with E-state index in [4.69, 9.17) is 0 Å². The van der Waals surface area contributed by atoms with Crippen molar-refractivity contribution in [3.63, 3.8) is 0 Å². The number of halogens is 2. The molecule has 4 heteroatoms. The van der Waals surface area contributed by atoms with Gasteiger partial charge in [0.25, 0.3) is 0 Å². The van der Waals surface area contributed by atoms with E-state index in [1.165, 1.54) is 32.4 Å². The average molecular weight is 365 g/mol. The highest BCUT2D eigenvalue weighted by Crippen LogP contribution is 2.62. The Labute approximate surface area is 117 Å². The van der Waals surface area contributed by atoms with Crippen LogP contribution in [0.2, 0.25) is 0 Å². The summed E-state index contributed by atoms with van der Waals surface area (Å²) in [6, 6.07) is 2.82. The van der Waals surface area contributed by atoms with Crippen LogP contribution < -0.4 is 5.32 Å². The third-order valence-corrected chi connectivity index (χ3v) is 6.57. The highest BCUT2D eigenvalue weighted by molar-refractivity contribution is 9.12. The lowest BCUT2D eigenvalue weighted by molar-refractivity contribution is 0.444. The summed E-state index contributed by atoms with van der Waals surface area (Å²) >= 11 is 9.03. The Bertz CT molecular complexity index is 394. The first kappa shape index (κ1) is 11.7. The quantitative estimate of drug-likeness (QED) is 0.827. The van der Waals surface area contributed by atoms with Gasteiger partial charge in [-0.3, -0.25) is 0 Å². The second-order valence-electron chi connectivity index (χ2n) is 4.88. The maximum atomic E-state index is 3.68. The van der Waals surface area contributed by atoms with Crippen molar-refractivity contribution in [1.82, 2.24) is 5.32 Å². The van der Waals surface area contributed by atoms with Crippen molar-refractivity contribution < 1.29 is 0 Å². The lowest BCUT2D eigenvalue weighted by Gasteiger charge is -2.17. The monoisotopic (exact) mass is 363 g/mol. The highest BCUT2D eigenvalue weighted by atomic mass is 79.9. The van der Waals surface area contributed by atoms with E-state index in [-0.39, 0.29) is 0 Å². The molecule has 0 bridgehead atoms. The second-order valence-corrected chi connectivity index (χ2v) is 8.63. The Balaban J connectivity index is 1.84. The van der Waals surface area contributed by atoms with Crippen molar-refractivity contribution in [2.45, 2.75) is 25.3 Å². The molecule has 3 atom stereocenters. The summed E-state index contributed by atoms with van der Waals surface area (Å²) in [5.74, 6) is 2.89. The summed E-state index contributed by atoms with van der Waals surface area (Å²) < 4.78 is 2.50. The first-order valence-electron chi connectivity index (χ1n) is 5.84. The van der Waals surface area contributed by atoms with Gasteiger partial charge in [0.2, 0.25) is 0 Å². The zero-order chi connectivity index (χ0) is 11.3. The van der Waals surface area contributed by atoms with Gasteiger partial charge in [0.05, 0.1) is 7.57 Å². The van der Waals surface area contributed by atoms with E-state index in [1.807, 2.05) is 0 Å². The van der Waals surface area contributed by atoms with Crippen LogP contribution in [0.25, 0.3) is 0 Å². The van der Waals surface area contributed by atoms with Gasteiger partial charge in [0, 0.05) is 6.04 Å². The SMILES string of the molecule is CNC(c1cc(Br)sc1Br)C1C2CCCC21. The molecule has 1 aromatic rings. The van der Waals surface area contributed by atoms with Gasteiger partial charge in [-0.05, 0) is 81.1 Å². The third-order valence-electron chi connectivity index (χ3n) is 4.19. The van der Waals surface area contributed by atoms with Crippen LogP contribution in [0.4, 0.5) is 0 Å². The fourth-order valence-electron chi connectivity index (χ4n) is 3.49. The molecule has 0 radical (unpaired) electrons. The number of hydrogen-bond acceptors (Lipinski definition) is 2. The standard InChI is InChI=1S/C12H15Br2NS/c1-15-11(8-5-9(13)16-12(8)14)10-6-3-2-4-7(6)10/h5-7,10-11,15H,2-4H2,1H3. The van der Waals surface area contributed by atoms with Gasteiger partial charge in [-0.2, -0.15) is 0 Å². The molecule has 1 nitrogen and oxygen atoms in total. The summed E-state index contributed by atoms with van der Waals surface area (Å²) in [6.07, 6.45) is 4.36. The number of thiophene rings is 1. The number of nitrogens with one attached hydrogen (secondary N) is 1. The van der Waals surface area contributed by atoms with Gasteiger partial charge >= 0.3 is 0 Å². The van der Waals surface area contributed by atoms with Crippen molar-refractivity contribution in [2.75, 3.05) is 7.05 Å². The normalized spacial score (nSPS) is 33.8. The van der Waals surface area contributed by atoms with Crippen molar-refractivity contribution in [3.05, 3.63) is 19.2 Å². The fraction of sp³-hybridized carbons (Fsp3) is 0.667. The van der Waals surface area contributed by atoms with E-state index in [9.17, 15) is 0 Å². The molecular weight excluding hydrogens is 350 g/mol. The molecule has 1 N–H and O–H groups in total. The molecule has 1 aromatic heterocycles. The Kier molecular flexibility index (Phi) is 3.20. The molecule has 88 valence electrons. The van der Waals surface area contributed by atoms with Crippen molar-refractivity contribution in [2.24, 2.45) is 17.8 Å². The Hall–Kier alpha value is 0.620. The van der Waals surface area contributed by atoms with Gasteiger partial charge in [0.1, 0.15) is 0 Å². The predicted molar refractivity (Wildman–Crippen MR) is 75.8 cm³/mol. The van der Waals surface area contributed by atoms with Crippen LogP contribution >= 0.6 is 43.2 Å². The zero-order valence-corrected chi connectivity index (χ0v) is 13.2. The van der Waals surface area contributed by atoms with Gasteiger partial charge in [0.15, 0.2) is 0 Å². The Morgan fingerprint density at radius 3 is 2.56 bits per heavy atom. The lowest BCUT2D eigenvalue weighted by atomic mass is 9.99. The molecule has 0 spiro atoms. The molecule has 0 saturated heterocycles. The third kappa shape index (κ3) is 1.82. The van der Waals surface area contributed by atoms with E-state index in [0.29, 0.717) is 6.04 Å². The molecule has 0 amide bonds. The van der Waals surface area contributed by atoms with Gasteiger partial charge in [-0.25, -0.2) is 0 Å². The lowest BCUT2D eigenvalue weighted by Crippen LogP contribution is -2.20. The fourth-order valence-corrected chi connectivity index (χ4v) is 6.42. The van der Waals surface area contributed by atoms with Crippen LogP contribution in [0.1, 0.15) is 30.9 Å². The van der Waals surface area contributed by atoms with Crippen LogP contribution in [-0.4, -0.2) is 7.05 Å². The van der Waals surface area contributed by atoms with E-state index in [0.717, 1.165) is 17.8 Å². The van der Waals surface area contributed by atoms with Crippen molar-refractivity contribution >= 4 is 43.2 Å². The molecule has 3 unspecified atom stereocenters. The number of fused-ring (bicyclic) bond motifs is 1. The van der Waals surface area contributed by atoms with Crippen LogP contribution in [-0.2, 0) is 0 Å². The summed E-state index contributed by atoms with van der Waals surface area (Å²) in [5.41, 5.74) is 1.44. The summed E-state index contributed by atoms with van der Waals surface area (Å²) in [4.78, 5) is 0. The van der Waals surface area contributed by atoms with E-state index >= 15 is 0 Å². The summed E-state index contributed by atoms with van der Waals surface area (Å²) in [5, 5.41) is 3.52. The molecule has 16 heavy (non-hydrogen) atoms. The maximum absolute atomic E-state index is 3.68. The molecule has 2 fully saturated rings. The average Bonchev–Trinajstić information content (AvgIpc) is 2.63. The van der Waals surface area contributed by atoms with Crippen LogP contribution in [0.3, 0.4) is 0 Å². The zero-order valence-electron chi connectivity index (χ0n) is 9.17. The van der Waals surface area contributed by atoms with Gasteiger partial charge in [-0.1, -0.05) is 6.42 Å². The van der Waals surface area contributed by atoms with Gasteiger partial charge < -0.3 is 5.32 Å². The molecule has 2 aliphatic rings. The first-order chi connectivity index (χ1) is 7.72. The van der Waals surface area contributed by atoms with Crippen molar-refractivity contribution in [1.29, 1.82) is 0 Å². The minimum absolute atomic E-state index is 0.548. The number of rotatable bonds is 3. The van der Waals surface area contributed by atoms with E-state index in [2.05, 4.69) is 50.3 Å². The largest absolute Gasteiger partial charge is 0.313 e. The molecule has 2 aliphatic carbocycles. The number of hydrogen-bond donors (Lipinski definition) is 1. The Morgan fingerprint density at radius 2 is 2.06 bits per heavy atom. The molecule has 0 aromatic carbocycles. The van der Waals surface area contributed by atoms with E-state index in [1.54, 1.807) is 11.3 Å². The predicted octanol–water partition coefficient (Wildman–Crippen LogP) is 4.58. The molecule has 0 aliphatic heterocycles. The summed E-state index contributed by atoms with van der Waals surface area (Å²) in [7, 11) is 2.09. The maximum Gasteiger partial charge on any atom is 0.0758 e. The molecule has 1 heterocycles. The van der Waals surface area contributed by atoms with Crippen LogP contribution in [0.15, 0.2) is 13.6 Å². The molecule has 2 saturated carbocycles. The highest BCUT2D eigenvalue weighted by Gasteiger charge is 2.56. The smallest absolute Gasteiger partial charge is 0.0758 e. The second kappa shape index (κ2) is 4.38. The minimum Gasteiger partial charge on any atom is -0.313 e. The van der Waals surface area contributed by atoms with Crippen LogP contribution in [0.5, 0.6) is 0 Å². The molecule has 3 rings (SSSR count). The van der Waals surface area contributed by atoms with E-state index < -0.39 is 0 Å². The van der Waals surface area contributed by atoms with Crippen molar-refractivity contribution in [3.8, 4) is 0 Å². The Morgan fingerprint density at radius 1 is 1.38 bits per heavy atom. The molecular formula is C12H15Br2NS. The van der Waals surface area contributed by atoms with Gasteiger partial charge in [-0.15, -0.1) is 11.3 Å². The minimum atomic E-state index is 0.548. The topological polar surface area (TPSA) is 12.0 Å².